The first-order valence-electron chi connectivity index (χ1n) is 8.28. The first-order chi connectivity index (χ1) is 12.1. The molecule has 1 aliphatic heterocycles. The van der Waals surface area contributed by atoms with Crippen LogP contribution in [0, 0.1) is 6.92 Å². The molecular weight excluding hydrogens is 332 g/mol. The van der Waals surface area contributed by atoms with Crippen molar-refractivity contribution in [2.75, 3.05) is 12.4 Å². The summed E-state index contributed by atoms with van der Waals surface area (Å²) in [6.45, 7) is 4.13. The van der Waals surface area contributed by atoms with Crippen LogP contribution in [0.4, 0.5) is 5.69 Å². The van der Waals surface area contributed by atoms with E-state index in [0.29, 0.717) is 4.91 Å². The van der Waals surface area contributed by atoms with Crippen LogP contribution >= 0.6 is 11.8 Å². The topological polar surface area (TPSA) is 50.4 Å². The number of ether oxygens (including phenoxy) is 1. The van der Waals surface area contributed by atoms with E-state index < -0.39 is 0 Å². The third kappa shape index (κ3) is 4.17. The van der Waals surface area contributed by atoms with Crippen LogP contribution in [0.15, 0.2) is 47.4 Å². The number of rotatable bonds is 5. The van der Waals surface area contributed by atoms with Gasteiger partial charge in [-0.3, -0.25) is 4.79 Å². The first-order valence-corrected chi connectivity index (χ1v) is 9.16. The highest BCUT2D eigenvalue weighted by Gasteiger charge is 2.27. The molecule has 25 heavy (non-hydrogen) atoms. The minimum absolute atomic E-state index is 0.0545. The molecule has 0 aliphatic carbocycles. The average molecular weight is 354 g/mol. The number of amides is 1. The summed E-state index contributed by atoms with van der Waals surface area (Å²) >= 11 is 1.49. The Labute approximate surface area is 152 Å². The van der Waals surface area contributed by atoms with Crippen molar-refractivity contribution in [3.05, 3.63) is 64.1 Å². The van der Waals surface area contributed by atoms with Crippen molar-refractivity contribution in [1.29, 1.82) is 0 Å². The van der Waals surface area contributed by atoms with Crippen LogP contribution in [0.2, 0.25) is 0 Å². The van der Waals surface area contributed by atoms with Gasteiger partial charge in [0.2, 0.25) is 0 Å². The molecule has 4 nitrogen and oxygen atoms in total. The van der Waals surface area contributed by atoms with Crippen molar-refractivity contribution in [3.8, 4) is 5.75 Å². The van der Waals surface area contributed by atoms with Crippen molar-refractivity contribution in [1.82, 2.24) is 5.32 Å². The molecule has 0 bridgehead atoms. The Morgan fingerprint density at radius 3 is 2.64 bits per heavy atom. The lowest BCUT2D eigenvalue weighted by Gasteiger charge is -2.12. The van der Waals surface area contributed by atoms with Crippen molar-refractivity contribution < 1.29 is 9.53 Å². The van der Waals surface area contributed by atoms with E-state index in [-0.39, 0.29) is 11.4 Å². The van der Waals surface area contributed by atoms with Gasteiger partial charge in [0.1, 0.15) is 5.75 Å². The van der Waals surface area contributed by atoms with E-state index in [2.05, 4.69) is 29.7 Å². The number of thioether (sulfide) groups is 1. The van der Waals surface area contributed by atoms with Gasteiger partial charge in [0.05, 0.1) is 12.0 Å². The van der Waals surface area contributed by atoms with Gasteiger partial charge in [-0.25, -0.2) is 0 Å². The van der Waals surface area contributed by atoms with Crippen molar-refractivity contribution in [2.24, 2.45) is 0 Å². The molecule has 3 rings (SSSR count). The molecule has 1 atom stereocenters. The molecule has 0 spiro atoms. The van der Waals surface area contributed by atoms with E-state index in [1.807, 2.05) is 43.3 Å². The summed E-state index contributed by atoms with van der Waals surface area (Å²) in [4.78, 5) is 12.9. The molecule has 1 fully saturated rings. The fourth-order valence-corrected chi connectivity index (χ4v) is 3.68. The molecule has 1 saturated heterocycles. The Balaban J connectivity index is 1.70. The lowest BCUT2D eigenvalue weighted by molar-refractivity contribution is -0.116. The quantitative estimate of drug-likeness (QED) is 0.792. The lowest BCUT2D eigenvalue weighted by Crippen LogP contribution is -2.30. The van der Waals surface area contributed by atoms with Crippen LogP contribution in [-0.2, 0) is 11.2 Å². The van der Waals surface area contributed by atoms with Gasteiger partial charge in [-0.1, -0.05) is 36.9 Å². The van der Waals surface area contributed by atoms with Gasteiger partial charge in [0, 0.05) is 5.69 Å². The van der Waals surface area contributed by atoms with E-state index >= 15 is 0 Å². The second-order valence-electron chi connectivity index (χ2n) is 5.90. The fraction of sp³-hybridized carbons (Fsp3) is 0.250. The van der Waals surface area contributed by atoms with Gasteiger partial charge in [0.25, 0.3) is 5.91 Å². The Kier molecular flexibility index (Phi) is 5.34. The van der Waals surface area contributed by atoms with Gasteiger partial charge in [-0.2, -0.15) is 0 Å². The van der Waals surface area contributed by atoms with E-state index in [1.165, 1.54) is 17.3 Å². The first kappa shape index (κ1) is 17.4. The van der Waals surface area contributed by atoms with Crippen LogP contribution < -0.4 is 15.4 Å². The molecule has 1 aliphatic rings. The number of carbonyl (C=O) groups excluding carboxylic acids is 1. The third-order valence-corrected chi connectivity index (χ3v) is 5.14. The van der Waals surface area contributed by atoms with Crippen molar-refractivity contribution in [2.45, 2.75) is 25.8 Å². The number of anilines is 1. The summed E-state index contributed by atoms with van der Waals surface area (Å²) in [7, 11) is 1.66. The van der Waals surface area contributed by atoms with Crippen LogP contribution in [0.5, 0.6) is 5.75 Å². The van der Waals surface area contributed by atoms with Crippen LogP contribution in [0.1, 0.15) is 23.6 Å². The van der Waals surface area contributed by atoms with Crippen LogP contribution in [0.25, 0.3) is 6.08 Å². The molecule has 2 aromatic rings. The molecule has 1 amide bonds. The minimum atomic E-state index is -0.162. The Morgan fingerprint density at radius 1 is 1.24 bits per heavy atom. The largest absolute Gasteiger partial charge is 0.496 e. The number of carbonyl (C=O) groups is 1. The molecule has 0 aromatic heterocycles. The number of aryl methyl sites for hydroxylation is 2. The maximum Gasteiger partial charge on any atom is 0.260 e. The molecule has 1 heterocycles. The smallest absolute Gasteiger partial charge is 0.260 e. The Hall–Kier alpha value is -2.40. The van der Waals surface area contributed by atoms with E-state index in [4.69, 9.17) is 4.74 Å². The standard InChI is InChI=1S/C20H22N2O2S/c1-4-14-5-8-16(9-6-14)21-20-22-19(23)18(25-20)12-15-7-10-17(24-3)13(2)11-15/h5-12,20-21H,4H2,1-3H3,(H,22,23)/b18-12-/t20-/m0/s1. The number of hydrogen-bond acceptors (Lipinski definition) is 4. The monoisotopic (exact) mass is 354 g/mol. The summed E-state index contributed by atoms with van der Waals surface area (Å²) in [5.41, 5.74) is 4.17. The van der Waals surface area contributed by atoms with Gasteiger partial charge >= 0.3 is 0 Å². The molecule has 2 aromatic carbocycles. The summed E-state index contributed by atoms with van der Waals surface area (Å²) in [6, 6.07) is 14.2. The van der Waals surface area contributed by atoms with Crippen LogP contribution in [0.3, 0.4) is 0 Å². The number of nitrogens with one attached hydrogen (secondary N) is 2. The summed E-state index contributed by atoms with van der Waals surface area (Å²) in [5, 5.41) is 6.30. The average Bonchev–Trinajstić information content (AvgIpc) is 2.95. The Morgan fingerprint density at radius 2 is 2.00 bits per heavy atom. The van der Waals surface area contributed by atoms with E-state index in [1.54, 1.807) is 7.11 Å². The van der Waals surface area contributed by atoms with E-state index in [9.17, 15) is 4.79 Å². The summed E-state index contributed by atoms with van der Waals surface area (Å²) < 4.78 is 5.28. The maximum absolute atomic E-state index is 12.2. The normalized spacial score (nSPS) is 18.3. The predicted octanol–water partition coefficient (Wildman–Crippen LogP) is 4.17. The zero-order valence-corrected chi connectivity index (χ0v) is 15.4. The summed E-state index contributed by atoms with van der Waals surface area (Å²) in [6.07, 6.45) is 2.93. The highest BCUT2D eigenvalue weighted by atomic mass is 32.2. The second-order valence-corrected chi connectivity index (χ2v) is 7.05. The van der Waals surface area contributed by atoms with Crippen molar-refractivity contribution >= 4 is 29.4 Å². The molecule has 2 N–H and O–H groups in total. The number of methoxy groups -OCH3 is 1. The van der Waals surface area contributed by atoms with Gasteiger partial charge < -0.3 is 15.4 Å². The highest BCUT2D eigenvalue weighted by Crippen LogP contribution is 2.31. The number of benzene rings is 2. The minimum Gasteiger partial charge on any atom is -0.496 e. The third-order valence-electron chi connectivity index (χ3n) is 4.11. The predicted molar refractivity (Wildman–Crippen MR) is 105 cm³/mol. The van der Waals surface area contributed by atoms with Gasteiger partial charge in [-0.15, -0.1) is 0 Å². The SMILES string of the molecule is CCc1ccc(N[C@H]2NC(=O)/C(=C/c3ccc(OC)c(C)c3)S2)cc1. The lowest BCUT2D eigenvalue weighted by atomic mass is 10.1. The molecular formula is C20H22N2O2S. The van der Waals surface area contributed by atoms with Gasteiger partial charge in [-0.05, 0) is 60.4 Å². The van der Waals surface area contributed by atoms with Crippen molar-refractivity contribution in [3.63, 3.8) is 0 Å². The number of hydrogen-bond donors (Lipinski definition) is 2. The second kappa shape index (κ2) is 7.66. The molecule has 130 valence electrons. The molecule has 0 saturated carbocycles. The van der Waals surface area contributed by atoms with E-state index in [0.717, 1.165) is 29.0 Å². The zero-order valence-electron chi connectivity index (χ0n) is 14.6. The highest BCUT2D eigenvalue weighted by molar-refractivity contribution is 8.05. The fourth-order valence-electron chi connectivity index (χ4n) is 2.70. The Bertz CT molecular complexity index is 800. The molecule has 0 unspecified atom stereocenters. The zero-order chi connectivity index (χ0) is 17.8. The van der Waals surface area contributed by atoms with Crippen LogP contribution in [-0.4, -0.2) is 18.5 Å². The summed E-state index contributed by atoms with van der Waals surface area (Å²) in [5.74, 6) is 0.793. The molecule has 5 heteroatoms. The molecule has 0 radical (unpaired) electrons. The maximum atomic E-state index is 12.2. The van der Waals surface area contributed by atoms with Gasteiger partial charge in [0.15, 0.2) is 5.50 Å².